The first-order valence-corrected chi connectivity index (χ1v) is 7.87. The zero-order valence-electron chi connectivity index (χ0n) is 12.8. The second-order valence-electron chi connectivity index (χ2n) is 5.77. The molecule has 114 valence electrons. The Morgan fingerprint density at radius 2 is 2.09 bits per heavy atom. The van der Waals surface area contributed by atoms with E-state index >= 15 is 0 Å². The van der Waals surface area contributed by atoms with E-state index in [2.05, 4.69) is 34.5 Å². The lowest BCUT2D eigenvalue weighted by Crippen LogP contribution is -2.30. The number of aryl methyl sites for hydroxylation is 1. The third kappa shape index (κ3) is 2.22. The highest BCUT2D eigenvalue weighted by molar-refractivity contribution is 5.64. The predicted molar refractivity (Wildman–Crippen MR) is 85.8 cm³/mol. The van der Waals surface area contributed by atoms with E-state index < -0.39 is 0 Å². The minimum Gasteiger partial charge on any atom is -0.481 e. The van der Waals surface area contributed by atoms with E-state index in [1.54, 1.807) is 7.11 Å². The lowest BCUT2D eigenvalue weighted by atomic mass is 10.0. The quantitative estimate of drug-likeness (QED) is 0.921. The number of rotatable bonds is 2. The molecule has 2 aromatic rings. The Balaban J connectivity index is 1.80. The summed E-state index contributed by atoms with van der Waals surface area (Å²) in [7, 11) is 1.69. The molecule has 5 heteroatoms. The van der Waals surface area contributed by atoms with Crippen LogP contribution in [0.15, 0.2) is 24.3 Å². The van der Waals surface area contributed by atoms with E-state index in [-0.39, 0.29) is 0 Å². The van der Waals surface area contributed by atoms with Crippen molar-refractivity contribution in [3.05, 3.63) is 41.1 Å². The number of fused-ring (bicyclic) bond motifs is 2. The molecule has 0 radical (unpaired) electrons. The molecule has 0 fully saturated rings. The fraction of sp³-hybridized carbons (Fsp3) is 0.412. The number of ether oxygens (including phenoxy) is 1. The Morgan fingerprint density at radius 1 is 1.18 bits per heavy atom. The molecule has 0 amide bonds. The van der Waals surface area contributed by atoms with Gasteiger partial charge in [0.25, 0.3) is 0 Å². The fourth-order valence-corrected chi connectivity index (χ4v) is 3.34. The van der Waals surface area contributed by atoms with Crippen LogP contribution in [-0.2, 0) is 19.4 Å². The number of hydrogen-bond donors (Lipinski definition) is 1. The average Bonchev–Trinajstić information content (AvgIpc) is 2.60. The van der Waals surface area contributed by atoms with Crippen molar-refractivity contribution in [3.63, 3.8) is 0 Å². The Kier molecular flexibility index (Phi) is 3.42. The molecule has 0 unspecified atom stereocenters. The van der Waals surface area contributed by atoms with Gasteiger partial charge in [-0.15, -0.1) is 0 Å². The molecule has 1 aromatic heterocycles. The highest BCUT2D eigenvalue weighted by Crippen LogP contribution is 2.33. The maximum absolute atomic E-state index is 5.53. The zero-order chi connectivity index (χ0) is 14.9. The summed E-state index contributed by atoms with van der Waals surface area (Å²) in [5.74, 6) is 1.48. The zero-order valence-corrected chi connectivity index (χ0v) is 12.8. The number of aromatic nitrogens is 2. The van der Waals surface area contributed by atoms with Crippen molar-refractivity contribution in [1.82, 2.24) is 15.3 Å². The van der Waals surface area contributed by atoms with Crippen molar-refractivity contribution < 1.29 is 4.74 Å². The molecule has 2 aliphatic heterocycles. The monoisotopic (exact) mass is 296 g/mol. The first-order valence-electron chi connectivity index (χ1n) is 7.87. The van der Waals surface area contributed by atoms with Gasteiger partial charge in [-0.25, -0.2) is 4.98 Å². The lowest BCUT2D eigenvalue weighted by molar-refractivity contribution is 0.386. The van der Waals surface area contributed by atoms with Gasteiger partial charge < -0.3 is 15.0 Å². The maximum Gasteiger partial charge on any atom is 0.233 e. The summed E-state index contributed by atoms with van der Waals surface area (Å²) in [6.45, 7) is 2.70. The van der Waals surface area contributed by atoms with Crippen molar-refractivity contribution in [1.29, 1.82) is 0 Å². The van der Waals surface area contributed by atoms with Gasteiger partial charge in [0.15, 0.2) is 0 Å². The van der Waals surface area contributed by atoms with Crippen LogP contribution in [0.5, 0.6) is 5.88 Å². The molecule has 3 heterocycles. The van der Waals surface area contributed by atoms with Gasteiger partial charge in [0.1, 0.15) is 0 Å². The summed E-state index contributed by atoms with van der Waals surface area (Å²) >= 11 is 0. The molecule has 0 bridgehead atoms. The molecule has 0 saturated carbocycles. The molecular formula is C17H20N4O. The van der Waals surface area contributed by atoms with Gasteiger partial charge in [0.2, 0.25) is 11.8 Å². The smallest absolute Gasteiger partial charge is 0.233 e. The molecule has 2 aliphatic rings. The maximum atomic E-state index is 5.53. The third-order valence-corrected chi connectivity index (χ3v) is 4.43. The molecule has 1 N–H and O–H groups in total. The Bertz CT molecular complexity index is 684. The average molecular weight is 296 g/mol. The Hall–Kier alpha value is -2.14. The van der Waals surface area contributed by atoms with Gasteiger partial charge in [0, 0.05) is 24.3 Å². The van der Waals surface area contributed by atoms with Crippen LogP contribution in [0.3, 0.4) is 0 Å². The van der Waals surface area contributed by atoms with E-state index in [1.807, 2.05) is 0 Å². The Labute approximate surface area is 130 Å². The molecule has 0 atom stereocenters. The number of anilines is 2. The second-order valence-corrected chi connectivity index (χ2v) is 5.77. The van der Waals surface area contributed by atoms with Crippen molar-refractivity contribution in [3.8, 4) is 5.88 Å². The van der Waals surface area contributed by atoms with Gasteiger partial charge in [-0.2, -0.15) is 4.98 Å². The van der Waals surface area contributed by atoms with E-state index in [1.165, 1.54) is 11.3 Å². The summed E-state index contributed by atoms with van der Waals surface area (Å²) in [6, 6.07) is 8.52. The molecule has 0 saturated heterocycles. The summed E-state index contributed by atoms with van der Waals surface area (Å²) in [4.78, 5) is 11.7. The molecule has 22 heavy (non-hydrogen) atoms. The van der Waals surface area contributed by atoms with Crippen molar-refractivity contribution in [2.24, 2.45) is 0 Å². The first kappa shape index (κ1) is 13.5. The summed E-state index contributed by atoms with van der Waals surface area (Å²) in [5.41, 5.74) is 4.80. The van der Waals surface area contributed by atoms with Crippen LogP contribution in [0.2, 0.25) is 0 Å². The van der Waals surface area contributed by atoms with Gasteiger partial charge in [-0.05, 0) is 37.4 Å². The summed E-state index contributed by atoms with van der Waals surface area (Å²) in [5, 5.41) is 3.38. The van der Waals surface area contributed by atoms with E-state index in [9.17, 15) is 0 Å². The number of methoxy groups -OCH3 is 1. The first-order chi connectivity index (χ1) is 10.9. The normalized spacial score (nSPS) is 16.9. The van der Waals surface area contributed by atoms with Crippen LogP contribution in [0, 0.1) is 0 Å². The SMILES string of the molecule is COc1nc(N2CCCc3ccccc32)nc2c1CCNC2. The largest absolute Gasteiger partial charge is 0.481 e. The standard InChI is InChI=1S/C17H20N4O/c1-22-16-13-8-9-18-11-14(13)19-17(20-16)21-10-4-6-12-5-2-3-7-15(12)21/h2-3,5,7,18H,4,6,8-11H2,1H3. The van der Waals surface area contributed by atoms with Crippen LogP contribution in [0.4, 0.5) is 11.6 Å². The van der Waals surface area contributed by atoms with Crippen molar-refractivity contribution in [2.45, 2.75) is 25.8 Å². The topological polar surface area (TPSA) is 50.3 Å². The number of nitrogens with one attached hydrogen (secondary N) is 1. The van der Waals surface area contributed by atoms with Crippen molar-refractivity contribution in [2.75, 3.05) is 25.1 Å². The van der Waals surface area contributed by atoms with Crippen LogP contribution < -0.4 is 15.0 Å². The van der Waals surface area contributed by atoms with Gasteiger partial charge in [-0.1, -0.05) is 18.2 Å². The van der Waals surface area contributed by atoms with Crippen LogP contribution >= 0.6 is 0 Å². The predicted octanol–water partition coefficient (Wildman–Crippen LogP) is 2.22. The van der Waals surface area contributed by atoms with Crippen LogP contribution in [-0.4, -0.2) is 30.2 Å². The summed E-state index contributed by atoms with van der Waals surface area (Å²) in [6.07, 6.45) is 3.17. The molecular weight excluding hydrogens is 276 g/mol. The van der Waals surface area contributed by atoms with Crippen LogP contribution in [0.1, 0.15) is 23.2 Å². The Morgan fingerprint density at radius 3 is 3.00 bits per heavy atom. The molecule has 0 aliphatic carbocycles. The minimum atomic E-state index is 0.726. The highest BCUT2D eigenvalue weighted by Gasteiger charge is 2.24. The van der Waals surface area contributed by atoms with Gasteiger partial charge >= 0.3 is 0 Å². The van der Waals surface area contributed by atoms with E-state index in [0.29, 0.717) is 0 Å². The second kappa shape index (κ2) is 5.57. The minimum absolute atomic E-state index is 0.726. The number of para-hydroxylation sites is 1. The number of hydrogen-bond acceptors (Lipinski definition) is 5. The number of benzene rings is 1. The van der Waals surface area contributed by atoms with E-state index in [0.717, 1.165) is 62.0 Å². The highest BCUT2D eigenvalue weighted by atomic mass is 16.5. The molecule has 0 spiro atoms. The van der Waals surface area contributed by atoms with E-state index in [4.69, 9.17) is 14.7 Å². The number of nitrogens with zero attached hydrogens (tertiary/aromatic N) is 3. The summed E-state index contributed by atoms with van der Waals surface area (Å²) < 4.78 is 5.53. The molecule has 5 nitrogen and oxygen atoms in total. The van der Waals surface area contributed by atoms with Crippen LogP contribution in [0.25, 0.3) is 0 Å². The van der Waals surface area contributed by atoms with Gasteiger partial charge in [-0.3, -0.25) is 0 Å². The third-order valence-electron chi connectivity index (χ3n) is 4.43. The van der Waals surface area contributed by atoms with Gasteiger partial charge in [0.05, 0.1) is 12.8 Å². The fourth-order valence-electron chi connectivity index (χ4n) is 3.34. The van der Waals surface area contributed by atoms with Crippen molar-refractivity contribution >= 4 is 11.6 Å². The molecule has 4 rings (SSSR count). The lowest BCUT2D eigenvalue weighted by Gasteiger charge is -2.30. The molecule has 1 aromatic carbocycles.